The molecule has 0 atom stereocenters. The van der Waals surface area contributed by atoms with Crippen molar-refractivity contribution in [2.45, 2.75) is 11.1 Å². The van der Waals surface area contributed by atoms with Crippen molar-refractivity contribution < 1.29 is 26.3 Å². The SMILES string of the molecule is COCCNCCNS(=O)(=O)c1cc(C(F)(F)F)ccc1Cl. The molecule has 1 rings (SSSR count). The summed E-state index contributed by atoms with van der Waals surface area (Å²) < 4.78 is 68.9. The number of rotatable bonds is 8. The van der Waals surface area contributed by atoms with E-state index in [1.807, 2.05) is 0 Å². The van der Waals surface area contributed by atoms with E-state index in [1.165, 1.54) is 7.11 Å². The van der Waals surface area contributed by atoms with Crippen molar-refractivity contribution in [1.82, 2.24) is 10.0 Å². The molecule has 0 amide bonds. The normalized spacial score (nSPS) is 12.6. The summed E-state index contributed by atoms with van der Waals surface area (Å²) in [4.78, 5) is -0.596. The molecule has 126 valence electrons. The molecule has 0 aliphatic heterocycles. The lowest BCUT2D eigenvalue weighted by atomic mass is 10.2. The Morgan fingerprint density at radius 2 is 1.91 bits per heavy atom. The molecule has 0 aliphatic carbocycles. The van der Waals surface area contributed by atoms with Crippen LogP contribution in [-0.2, 0) is 20.9 Å². The number of sulfonamides is 1. The van der Waals surface area contributed by atoms with Gasteiger partial charge in [0.15, 0.2) is 0 Å². The third-order valence-corrected chi connectivity index (χ3v) is 4.57. The summed E-state index contributed by atoms with van der Waals surface area (Å²) >= 11 is 5.69. The van der Waals surface area contributed by atoms with E-state index < -0.39 is 26.7 Å². The summed E-state index contributed by atoms with van der Waals surface area (Å²) in [5, 5.41) is 2.63. The summed E-state index contributed by atoms with van der Waals surface area (Å²) in [6.07, 6.45) is -4.64. The second-order valence-electron chi connectivity index (χ2n) is 4.28. The maximum atomic E-state index is 12.6. The minimum Gasteiger partial charge on any atom is -0.383 e. The van der Waals surface area contributed by atoms with E-state index in [0.717, 1.165) is 12.1 Å². The Hall–Kier alpha value is -0.870. The van der Waals surface area contributed by atoms with Crippen molar-refractivity contribution in [2.75, 3.05) is 33.4 Å². The van der Waals surface area contributed by atoms with Gasteiger partial charge in [0.25, 0.3) is 0 Å². The molecule has 0 bridgehead atoms. The van der Waals surface area contributed by atoms with E-state index >= 15 is 0 Å². The van der Waals surface area contributed by atoms with Gasteiger partial charge in [-0.05, 0) is 18.2 Å². The van der Waals surface area contributed by atoms with Gasteiger partial charge >= 0.3 is 6.18 Å². The van der Waals surface area contributed by atoms with Gasteiger partial charge in [0.1, 0.15) is 4.90 Å². The van der Waals surface area contributed by atoms with Crippen LogP contribution in [0.3, 0.4) is 0 Å². The predicted octanol–water partition coefficient (Wildman–Crippen LogP) is 1.87. The van der Waals surface area contributed by atoms with Crippen LogP contribution in [0.5, 0.6) is 0 Å². The van der Waals surface area contributed by atoms with Crippen LogP contribution < -0.4 is 10.0 Å². The molecule has 0 saturated heterocycles. The molecule has 1 aromatic carbocycles. The summed E-state index contributed by atoms with van der Waals surface area (Å²) in [5.74, 6) is 0. The average Bonchev–Trinajstić information content (AvgIpc) is 2.41. The second kappa shape index (κ2) is 8.11. The third kappa shape index (κ3) is 5.73. The smallest absolute Gasteiger partial charge is 0.383 e. The van der Waals surface area contributed by atoms with Crippen molar-refractivity contribution >= 4 is 21.6 Å². The Morgan fingerprint density at radius 3 is 2.50 bits per heavy atom. The number of alkyl halides is 3. The highest BCUT2D eigenvalue weighted by Crippen LogP contribution is 2.33. The topological polar surface area (TPSA) is 67.4 Å². The Kier molecular flexibility index (Phi) is 7.07. The summed E-state index contributed by atoms with van der Waals surface area (Å²) in [6.45, 7) is 1.31. The highest BCUT2D eigenvalue weighted by molar-refractivity contribution is 7.89. The molecule has 10 heteroatoms. The zero-order chi connectivity index (χ0) is 16.8. The lowest BCUT2D eigenvalue weighted by molar-refractivity contribution is -0.137. The van der Waals surface area contributed by atoms with Crippen LogP contribution in [0, 0.1) is 0 Å². The standard InChI is InChI=1S/C12H16ClF3N2O3S/c1-21-7-6-17-4-5-18-22(19,20)11-8-9(12(14,15)16)2-3-10(11)13/h2-3,8,17-18H,4-7H2,1H3. The zero-order valence-electron chi connectivity index (χ0n) is 11.7. The van der Waals surface area contributed by atoms with E-state index in [4.69, 9.17) is 16.3 Å². The minimum atomic E-state index is -4.64. The molecule has 0 fully saturated rings. The Balaban J connectivity index is 2.76. The van der Waals surface area contributed by atoms with Gasteiger partial charge in [-0.1, -0.05) is 11.6 Å². The van der Waals surface area contributed by atoms with Crippen LogP contribution in [0.25, 0.3) is 0 Å². The van der Waals surface area contributed by atoms with Gasteiger partial charge in [-0.25, -0.2) is 13.1 Å². The van der Waals surface area contributed by atoms with Crippen molar-refractivity contribution in [3.05, 3.63) is 28.8 Å². The van der Waals surface area contributed by atoms with Gasteiger partial charge in [0.2, 0.25) is 10.0 Å². The number of nitrogens with one attached hydrogen (secondary N) is 2. The third-order valence-electron chi connectivity index (χ3n) is 2.62. The molecule has 0 unspecified atom stereocenters. The first-order valence-corrected chi connectivity index (χ1v) is 8.10. The molecule has 22 heavy (non-hydrogen) atoms. The lowest BCUT2D eigenvalue weighted by Gasteiger charge is -2.12. The Morgan fingerprint density at radius 1 is 1.23 bits per heavy atom. The monoisotopic (exact) mass is 360 g/mol. The van der Waals surface area contributed by atoms with Gasteiger partial charge in [-0.15, -0.1) is 0 Å². The van der Waals surface area contributed by atoms with Gasteiger partial charge in [-0.3, -0.25) is 0 Å². The number of benzene rings is 1. The number of hydrogen-bond acceptors (Lipinski definition) is 4. The first-order valence-electron chi connectivity index (χ1n) is 6.24. The summed E-state index contributed by atoms with van der Waals surface area (Å²) in [6, 6.07) is 2.16. The van der Waals surface area contributed by atoms with Crippen LogP contribution >= 0.6 is 11.6 Å². The fourth-order valence-electron chi connectivity index (χ4n) is 1.54. The van der Waals surface area contributed by atoms with Crippen molar-refractivity contribution in [2.24, 2.45) is 0 Å². The highest BCUT2D eigenvalue weighted by Gasteiger charge is 2.32. The number of ether oxygens (including phenoxy) is 1. The molecular weight excluding hydrogens is 345 g/mol. The molecule has 0 spiro atoms. The van der Waals surface area contributed by atoms with E-state index in [1.54, 1.807) is 0 Å². The predicted molar refractivity (Wildman–Crippen MR) is 76.4 cm³/mol. The van der Waals surface area contributed by atoms with Crippen LogP contribution in [0.4, 0.5) is 13.2 Å². The quantitative estimate of drug-likeness (QED) is 0.695. The van der Waals surface area contributed by atoms with E-state index in [9.17, 15) is 21.6 Å². The first-order chi connectivity index (χ1) is 10.2. The molecule has 1 aromatic rings. The van der Waals surface area contributed by atoms with Crippen LogP contribution in [-0.4, -0.2) is 41.8 Å². The molecule has 0 radical (unpaired) electrons. The van der Waals surface area contributed by atoms with Crippen molar-refractivity contribution in [1.29, 1.82) is 0 Å². The second-order valence-corrected chi connectivity index (χ2v) is 6.43. The van der Waals surface area contributed by atoms with Crippen molar-refractivity contribution in [3.63, 3.8) is 0 Å². The van der Waals surface area contributed by atoms with E-state index in [2.05, 4.69) is 10.0 Å². The molecule has 5 nitrogen and oxygen atoms in total. The van der Waals surface area contributed by atoms with Gasteiger partial charge < -0.3 is 10.1 Å². The molecule has 0 aromatic heterocycles. The summed E-state index contributed by atoms with van der Waals surface area (Å²) in [7, 11) is -2.59. The maximum Gasteiger partial charge on any atom is 0.416 e. The molecular formula is C12H16ClF3N2O3S. The molecule has 0 aliphatic rings. The number of hydrogen-bond donors (Lipinski definition) is 2. The fourth-order valence-corrected chi connectivity index (χ4v) is 3.09. The lowest BCUT2D eigenvalue weighted by Crippen LogP contribution is -2.33. The Bertz CT molecular complexity index is 594. The number of methoxy groups -OCH3 is 1. The zero-order valence-corrected chi connectivity index (χ0v) is 13.3. The first kappa shape index (κ1) is 19.2. The van der Waals surface area contributed by atoms with E-state index in [-0.39, 0.29) is 11.6 Å². The van der Waals surface area contributed by atoms with Gasteiger partial charge in [0, 0.05) is 26.7 Å². The minimum absolute atomic E-state index is 0.0125. The maximum absolute atomic E-state index is 12.6. The number of halogens is 4. The average molecular weight is 361 g/mol. The van der Waals surface area contributed by atoms with Crippen LogP contribution in [0.2, 0.25) is 5.02 Å². The van der Waals surface area contributed by atoms with Gasteiger partial charge in [0.05, 0.1) is 17.2 Å². The molecule has 2 N–H and O–H groups in total. The fraction of sp³-hybridized carbons (Fsp3) is 0.500. The van der Waals surface area contributed by atoms with Crippen molar-refractivity contribution in [3.8, 4) is 0 Å². The van der Waals surface area contributed by atoms with Crippen LogP contribution in [0.1, 0.15) is 5.56 Å². The Labute approximate surface area is 131 Å². The highest BCUT2D eigenvalue weighted by atomic mass is 35.5. The van der Waals surface area contributed by atoms with Gasteiger partial charge in [-0.2, -0.15) is 13.2 Å². The van der Waals surface area contributed by atoms with E-state index in [0.29, 0.717) is 25.8 Å². The molecule has 0 saturated carbocycles. The molecule has 0 heterocycles. The largest absolute Gasteiger partial charge is 0.416 e. The van der Waals surface area contributed by atoms with Crippen LogP contribution in [0.15, 0.2) is 23.1 Å². The summed E-state index contributed by atoms with van der Waals surface area (Å²) in [5.41, 5.74) is -1.07.